The highest BCUT2D eigenvalue weighted by Gasteiger charge is 2.34. The number of carbonyl (C=O) groups excluding carboxylic acids is 1. The number of pyridine rings is 1. The van der Waals surface area contributed by atoms with Crippen LogP contribution in [-0.2, 0) is 11.2 Å². The van der Waals surface area contributed by atoms with Gasteiger partial charge in [-0.1, -0.05) is 18.2 Å². The highest BCUT2D eigenvalue weighted by molar-refractivity contribution is 5.94. The first-order valence-electron chi connectivity index (χ1n) is 7.39. The van der Waals surface area contributed by atoms with Gasteiger partial charge in [0.1, 0.15) is 18.1 Å². The molecule has 0 saturated heterocycles. The molecule has 0 aliphatic carbocycles. The number of hydrogen-bond acceptors (Lipinski definition) is 3. The number of alkyl halides is 3. The minimum atomic E-state index is -4.51. The minimum Gasteiger partial charge on any atom is -0.494 e. The van der Waals surface area contributed by atoms with Crippen molar-refractivity contribution in [2.45, 2.75) is 19.5 Å². The van der Waals surface area contributed by atoms with Crippen molar-refractivity contribution in [3.05, 3.63) is 54.2 Å². The molecule has 4 nitrogen and oxygen atoms in total. The average Bonchev–Trinajstić information content (AvgIpc) is 2.55. The SMILES string of the molecule is CCOc1ccc(CC(=O)N(CC(F)(F)F)c2ccccn2)cc1. The second kappa shape index (κ2) is 7.81. The Kier molecular flexibility index (Phi) is 5.78. The van der Waals surface area contributed by atoms with Crippen molar-refractivity contribution in [1.29, 1.82) is 0 Å². The van der Waals surface area contributed by atoms with Gasteiger partial charge in [-0.3, -0.25) is 9.69 Å². The van der Waals surface area contributed by atoms with Gasteiger partial charge in [0.2, 0.25) is 5.91 Å². The Bertz CT molecular complexity index is 658. The van der Waals surface area contributed by atoms with Gasteiger partial charge in [-0.05, 0) is 36.8 Å². The van der Waals surface area contributed by atoms with E-state index in [0.717, 1.165) is 0 Å². The fourth-order valence-electron chi connectivity index (χ4n) is 2.13. The molecule has 0 atom stereocenters. The lowest BCUT2D eigenvalue weighted by atomic mass is 10.1. The number of ether oxygens (including phenoxy) is 1. The molecular weight excluding hydrogens is 321 g/mol. The summed E-state index contributed by atoms with van der Waals surface area (Å²) in [6.45, 7) is 0.983. The van der Waals surface area contributed by atoms with Crippen LogP contribution in [0.1, 0.15) is 12.5 Å². The Balaban J connectivity index is 2.15. The molecule has 2 rings (SSSR count). The van der Waals surface area contributed by atoms with Crippen LogP contribution in [0.3, 0.4) is 0 Å². The summed E-state index contributed by atoms with van der Waals surface area (Å²) in [7, 11) is 0. The van der Waals surface area contributed by atoms with Crippen LogP contribution in [0.5, 0.6) is 5.75 Å². The van der Waals surface area contributed by atoms with Gasteiger partial charge < -0.3 is 4.74 Å². The number of carbonyl (C=O) groups is 1. The fraction of sp³-hybridized carbons (Fsp3) is 0.294. The summed E-state index contributed by atoms with van der Waals surface area (Å²) < 4.78 is 43.7. The molecule has 0 aliphatic rings. The zero-order chi connectivity index (χ0) is 17.6. The van der Waals surface area contributed by atoms with Gasteiger partial charge in [0.15, 0.2) is 0 Å². The number of amides is 1. The number of hydrogen-bond donors (Lipinski definition) is 0. The van der Waals surface area contributed by atoms with Crippen LogP contribution >= 0.6 is 0 Å². The van der Waals surface area contributed by atoms with Crippen molar-refractivity contribution in [3.8, 4) is 5.75 Å². The molecule has 128 valence electrons. The maximum atomic E-state index is 12.8. The first-order chi connectivity index (χ1) is 11.4. The van der Waals surface area contributed by atoms with E-state index in [-0.39, 0.29) is 12.2 Å². The van der Waals surface area contributed by atoms with Crippen LogP contribution in [0.4, 0.5) is 19.0 Å². The third-order valence-corrected chi connectivity index (χ3v) is 3.15. The van der Waals surface area contributed by atoms with Crippen LogP contribution in [-0.4, -0.2) is 30.2 Å². The highest BCUT2D eigenvalue weighted by Crippen LogP contribution is 2.22. The normalized spacial score (nSPS) is 11.2. The molecule has 0 saturated carbocycles. The van der Waals surface area contributed by atoms with E-state index in [9.17, 15) is 18.0 Å². The van der Waals surface area contributed by atoms with Crippen LogP contribution in [0.25, 0.3) is 0 Å². The van der Waals surface area contributed by atoms with E-state index in [1.54, 1.807) is 30.3 Å². The topological polar surface area (TPSA) is 42.4 Å². The highest BCUT2D eigenvalue weighted by atomic mass is 19.4. The first kappa shape index (κ1) is 17.8. The van der Waals surface area contributed by atoms with E-state index in [0.29, 0.717) is 22.8 Å². The van der Waals surface area contributed by atoms with Gasteiger partial charge in [-0.15, -0.1) is 0 Å². The number of nitrogens with zero attached hydrogens (tertiary/aromatic N) is 2. The average molecular weight is 338 g/mol. The Hall–Kier alpha value is -2.57. The summed E-state index contributed by atoms with van der Waals surface area (Å²) in [5.41, 5.74) is 0.603. The van der Waals surface area contributed by atoms with Gasteiger partial charge in [0, 0.05) is 6.20 Å². The predicted octanol–water partition coefficient (Wildman–Crippen LogP) is 3.62. The Labute approximate surface area is 137 Å². The largest absolute Gasteiger partial charge is 0.494 e. The Morgan fingerprint density at radius 1 is 1.17 bits per heavy atom. The van der Waals surface area contributed by atoms with Gasteiger partial charge in [-0.2, -0.15) is 13.2 Å². The molecular formula is C17H17F3N2O2. The van der Waals surface area contributed by atoms with E-state index in [2.05, 4.69) is 4.98 Å². The molecule has 2 aromatic rings. The fourth-order valence-corrected chi connectivity index (χ4v) is 2.13. The molecule has 0 unspecified atom stereocenters. The van der Waals surface area contributed by atoms with Crippen molar-refractivity contribution < 1.29 is 22.7 Å². The van der Waals surface area contributed by atoms with Gasteiger partial charge in [-0.25, -0.2) is 4.98 Å². The molecule has 0 aliphatic heterocycles. The monoisotopic (exact) mass is 338 g/mol. The van der Waals surface area contributed by atoms with Crippen molar-refractivity contribution in [3.63, 3.8) is 0 Å². The summed E-state index contributed by atoms with van der Waals surface area (Å²) in [6.07, 6.45) is -3.31. The van der Waals surface area contributed by atoms with E-state index in [1.807, 2.05) is 6.92 Å². The number of anilines is 1. The molecule has 1 heterocycles. The summed E-state index contributed by atoms with van der Waals surface area (Å²) >= 11 is 0. The van der Waals surface area contributed by atoms with Crippen LogP contribution in [0, 0.1) is 0 Å². The number of aromatic nitrogens is 1. The van der Waals surface area contributed by atoms with Gasteiger partial charge >= 0.3 is 6.18 Å². The molecule has 1 aromatic carbocycles. The molecule has 0 bridgehead atoms. The third kappa shape index (κ3) is 5.26. The van der Waals surface area contributed by atoms with E-state index >= 15 is 0 Å². The van der Waals surface area contributed by atoms with Crippen LogP contribution < -0.4 is 9.64 Å². The lowest BCUT2D eigenvalue weighted by Gasteiger charge is -2.23. The molecule has 7 heteroatoms. The van der Waals surface area contributed by atoms with Crippen LogP contribution in [0.2, 0.25) is 0 Å². The summed E-state index contributed by atoms with van der Waals surface area (Å²) in [5, 5.41) is 0. The predicted molar refractivity (Wildman–Crippen MR) is 84.0 cm³/mol. The van der Waals surface area contributed by atoms with E-state index in [4.69, 9.17) is 4.74 Å². The van der Waals surface area contributed by atoms with Crippen molar-refractivity contribution in [1.82, 2.24) is 4.98 Å². The standard InChI is InChI=1S/C17H17F3N2O2/c1-2-24-14-8-6-13(7-9-14)11-16(23)22(12-17(18,19)20)15-5-3-4-10-21-15/h3-10H,2,11-12H2,1H3. The van der Waals surface area contributed by atoms with Gasteiger partial charge in [0.25, 0.3) is 0 Å². The zero-order valence-electron chi connectivity index (χ0n) is 13.1. The Morgan fingerprint density at radius 2 is 1.88 bits per heavy atom. The quantitative estimate of drug-likeness (QED) is 0.808. The first-order valence-corrected chi connectivity index (χ1v) is 7.39. The molecule has 1 aromatic heterocycles. The number of halogens is 3. The summed E-state index contributed by atoms with van der Waals surface area (Å²) in [6, 6.07) is 11.2. The summed E-state index contributed by atoms with van der Waals surface area (Å²) in [4.78, 5) is 16.9. The molecule has 0 fully saturated rings. The van der Waals surface area contributed by atoms with Crippen molar-refractivity contribution in [2.75, 3.05) is 18.1 Å². The number of benzene rings is 1. The Morgan fingerprint density at radius 3 is 2.42 bits per heavy atom. The molecule has 1 amide bonds. The van der Waals surface area contributed by atoms with Crippen LogP contribution in [0.15, 0.2) is 48.7 Å². The van der Waals surface area contributed by atoms with Crippen molar-refractivity contribution >= 4 is 11.7 Å². The summed E-state index contributed by atoms with van der Waals surface area (Å²) in [5.74, 6) is -0.0495. The van der Waals surface area contributed by atoms with E-state index < -0.39 is 18.6 Å². The number of rotatable bonds is 6. The third-order valence-electron chi connectivity index (χ3n) is 3.15. The lowest BCUT2D eigenvalue weighted by Crippen LogP contribution is -2.40. The van der Waals surface area contributed by atoms with E-state index in [1.165, 1.54) is 18.3 Å². The minimum absolute atomic E-state index is 0.0224. The second-order valence-corrected chi connectivity index (χ2v) is 5.04. The van der Waals surface area contributed by atoms with Crippen molar-refractivity contribution in [2.24, 2.45) is 0 Å². The maximum Gasteiger partial charge on any atom is 0.406 e. The zero-order valence-corrected chi connectivity index (χ0v) is 13.1. The molecule has 24 heavy (non-hydrogen) atoms. The maximum absolute atomic E-state index is 12.8. The smallest absolute Gasteiger partial charge is 0.406 e. The molecule has 0 radical (unpaired) electrons. The lowest BCUT2D eigenvalue weighted by molar-refractivity contribution is -0.132. The second-order valence-electron chi connectivity index (χ2n) is 5.04. The van der Waals surface area contributed by atoms with Gasteiger partial charge in [0.05, 0.1) is 13.0 Å². The molecule has 0 N–H and O–H groups in total. The molecule has 0 spiro atoms.